The minimum Gasteiger partial charge on any atom is -0.489 e. The first-order chi connectivity index (χ1) is 9.80. The van der Waals surface area contributed by atoms with Gasteiger partial charge < -0.3 is 10.5 Å². The topological polar surface area (TPSA) is 48.1 Å². The predicted molar refractivity (Wildman–Crippen MR) is 89.8 cm³/mol. The molecule has 0 fully saturated rings. The molecule has 0 bridgehead atoms. The van der Waals surface area contributed by atoms with Crippen molar-refractivity contribution in [3.8, 4) is 5.75 Å². The van der Waals surface area contributed by atoms with Gasteiger partial charge >= 0.3 is 0 Å². The van der Waals surface area contributed by atoms with E-state index in [0.717, 1.165) is 15.6 Å². The average molecular weight is 370 g/mol. The van der Waals surface area contributed by atoms with Gasteiger partial charge in [-0.05, 0) is 50.1 Å². The lowest BCUT2D eigenvalue weighted by Gasteiger charge is -2.27. The second-order valence-electron chi connectivity index (χ2n) is 5.40. The SMILES string of the molecule is CC(C)Oc1cncc(C(C)(N)c2ccc(Br)cc2Cl)c1. The molecular formula is C16H18BrClN2O. The monoisotopic (exact) mass is 368 g/mol. The van der Waals surface area contributed by atoms with E-state index in [9.17, 15) is 0 Å². The molecule has 0 amide bonds. The molecule has 1 heterocycles. The van der Waals surface area contributed by atoms with E-state index < -0.39 is 5.54 Å². The van der Waals surface area contributed by atoms with Crippen molar-refractivity contribution in [3.63, 3.8) is 0 Å². The fourth-order valence-corrected chi connectivity index (χ4v) is 2.98. The zero-order valence-electron chi connectivity index (χ0n) is 12.2. The molecule has 2 N–H and O–H groups in total. The number of rotatable bonds is 4. The van der Waals surface area contributed by atoms with Crippen molar-refractivity contribution in [1.29, 1.82) is 0 Å². The summed E-state index contributed by atoms with van der Waals surface area (Å²) >= 11 is 9.73. The summed E-state index contributed by atoms with van der Waals surface area (Å²) in [4.78, 5) is 4.22. The summed E-state index contributed by atoms with van der Waals surface area (Å²) in [6, 6.07) is 7.59. The molecule has 2 rings (SSSR count). The molecule has 0 saturated heterocycles. The maximum absolute atomic E-state index is 6.51. The van der Waals surface area contributed by atoms with Crippen LogP contribution in [0.3, 0.4) is 0 Å². The number of nitrogens with two attached hydrogens (primary N) is 1. The molecule has 2 aromatic rings. The van der Waals surface area contributed by atoms with E-state index >= 15 is 0 Å². The maximum atomic E-state index is 6.51. The number of hydrogen-bond acceptors (Lipinski definition) is 3. The van der Waals surface area contributed by atoms with Crippen LogP contribution in [0.25, 0.3) is 0 Å². The largest absolute Gasteiger partial charge is 0.489 e. The first kappa shape index (κ1) is 16.3. The number of ether oxygens (including phenoxy) is 1. The van der Waals surface area contributed by atoms with E-state index in [0.29, 0.717) is 10.8 Å². The van der Waals surface area contributed by atoms with Crippen LogP contribution in [0.4, 0.5) is 0 Å². The third-order valence-corrected chi connectivity index (χ3v) is 3.98. The van der Waals surface area contributed by atoms with Crippen molar-refractivity contribution in [2.75, 3.05) is 0 Å². The molecule has 0 saturated carbocycles. The summed E-state index contributed by atoms with van der Waals surface area (Å²) in [6.45, 7) is 5.86. The van der Waals surface area contributed by atoms with Crippen LogP contribution in [0.5, 0.6) is 5.75 Å². The van der Waals surface area contributed by atoms with E-state index in [1.165, 1.54) is 0 Å². The van der Waals surface area contributed by atoms with Crippen LogP contribution < -0.4 is 10.5 Å². The van der Waals surface area contributed by atoms with Crippen molar-refractivity contribution in [1.82, 2.24) is 4.98 Å². The van der Waals surface area contributed by atoms with Gasteiger partial charge in [0.2, 0.25) is 0 Å². The molecule has 1 aromatic carbocycles. The number of hydrogen-bond donors (Lipinski definition) is 1. The summed E-state index contributed by atoms with van der Waals surface area (Å²) in [7, 11) is 0. The minimum atomic E-state index is -0.749. The summed E-state index contributed by atoms with van der Waals surface area (Å²) in [6.07, 6.45) is 3.51. The van der Waals surface area contributed by atoms with Crippen molar-refractivity contribution < 1.29 is 4.74 Å². The molecule has 5 heteroatoms. The second kappa shape index (κ2) is 6.34. The Labute approximate surface area is 138 Å². The zero-order valence-corrected chi connectivity index (χ0v) is 14.6. The smallest absolute Gasteiger partial charge is 0.138 e. The lowest BCUT2D eigenvalue weighted by Crippen LogP contribution is -2.34. The molecule has 1 aromatic heterocycles. The molecule has 0 aliphatic heterocycles. The Balaban J connectivity index is 2.43. The van der Waals surface area contributed by atoms with Crippen molar-refractivity contribution in [2.45, 2.75) is 32.4 Å². The fourth-order valence-electron chi connectivity index (χ4n) is 2.11. The van der Waals surface area contributed by atoms with Gasteiger partial charge in [0.1, 0.15) is 5.75 Å². The third kappa shape index (κ3) is 3.76. The van der Waals surface area contributed by atoms with E-state index in [2.05, 4.69) is 20.9 Å². The predicted octanol–water partition coefficient (Wildman–Crippen LogP) is 4.51. The van der Waals surface area contributed by atoms with E-state index in [1.54, 1.807) is 12.4 Å². The first-order valence-corrected chi connectivity index (χ1v) is 7.84. The molecule has 0 radical (unpaired) electrons. The molecule has 0 aliphatic rings. The first-order valence-electron chi connectivity index (χ1n) is 6.67. The summed E-state index contributed by atoms with van der Waals surface area (Å²) < 4.78 is 6.60. The third-order valence-electron chi connectivity index (χ3n) is 3.18. The van der Waals surface area contributed by atoms with Crippen LogP contribution in [-0.4, -0.2) is 11.1 Å². The molecular weight excluding hydrogens is 352 g/mol. The number of pyridine rings is 1. The summed E-state index contributed by atoms with van der Waals surface area (Å²) in [5.74, 6) is 0.701. The summed E-state index contributed by atoms with van der Waals surface area (Å²) in [5, 5.41) is 0.615. The molecule has 1 atom stereocenters. The van der Waals surface area contributed by atoms with Gasteiger partial charge in [0.15, 0.2) is 0 Å². The quantitative estimate of drug-likeness (QED) is 0.862. The molecule has 1 unspecified atom stereocenters. The summed E-state index contributed by atoms with van der Waals surface area (Å²) in [5.41, 5.74) is 7.46. The Morgan fingerprint density at radius 3 is 2.62 bits per heavy atom. The van der Waals surface area contributed by atoms with Crippen LogP contribution in [0.2, 0.25) is 5.02 Å². The Kier molecular flexibility index (Phi) is 4.91. The van der Waals surface area contributed by atoms with Gasteiger partial charge in [-0.1, -0.05) is 33.6 Å². The van der Waals surface area contributed by atoms with Crippen LogP contribution in [0, 0.1) is 0 Å². The minimum absolute atomic E-state index is 0.0855. The molecule has 112 valence electrons. The highest BCUT2D eigenvalue weighted by molar-refractivity contribution is 9.10. The zero-order chi connectivity index (χ0) is 15.6. The van der Waals surface area contributed by atoms with E-state index in [1.807, 2.05) is 45.0 Å². The number of halogens is 2. The number of aromatic nitrogens is 1. The Hall–Kier alpha value is -1.10. The average Bonchev–Trinajstić information content (AvgIpc) is 2.37. The second-order valence-corrected chi connectivity index (χ2v) is 6.73. The van der Waals surface area contributed by atoms with Crippen LogP contribution in [0.15, 0.2) is 41.1 Å². The van der Waals surface area contributed by atoms with Crippen molar-refractivity contribution >= 4 is 27.5 Å². The van der Waals surface area contributed by atoms with Crippen LogP contribution in [-0.2, 0) is 5.54 Å². The maximum Gasteiger partial charge on any atom is 0.138 e. The van der Waals surface area contributed by atoms with E-state index in [-0.39, 0.29) is 6.10 Å². The molecule has 0 aliphatic carbocycles. The lowest BCUT2D eigenvalue weighted by atomic mass is 9.86. The highest BCUT2D eigenvalue weighted by atomic mass is 79.9. The van der Waals surface area contributed by atoms with Gasteiger partial charge in [0.25, 0.3) is 0 Å². The number of nitrogens with zero attached hydrogens (tertiary/aromatic N) is 1. The highest BCUT2D eigenvalue weighted by Gasteiger charge is 2.27. The lowest BCUT2D eigenvalue weighted by molar-refractivity contribution is 0.241. The molecule has 0 spiro atoms. The van der Waals surface area contributed by atoms with Crippen molar-refractivity contribution in [2.24, 2.45) is 5.73 Å². The van der Waals surface area contributed by atoms with E-state index in [4.69, 9.17) is 22.1 Å². The van der Waals surface area contributed by atoms with Crippen LogP contribution in [0.1, 0.15) is 31.9 Å². The van der Waals surface area contributed by atoms with Gasteiger partial charge in [0.05, 0.1) is 17.8 Å². The number of benzene rings is 1. The van der Waals surface area contributed by atoms with Gasteiger partial charge in [-0.3, -0.25) is 4.98 Å². The van der Waals surface area contributed by atoms with Gasteiger partial charge in [-0.2, -0.15) is 0 Å². The van der Waals surface area contributed by atoms with Gasteiger partial charge in [-0.15, -0.1) is 0 Å². The van der Waals surface area contributed by atoms with Crippen molar-refractivity contribution in [3.05, 3.63) is 57.3 Å². The normalized spacial score (nSPS) is 14.0. The Bertz CT molecular complexity index is 644. The Morgan fingerprint density at radius 1 is 1.29 bits per heavy atom. The van der Waals surface area contributed by atoms with Gasteiger partial charge in [0, 0.05) is 15.7 Å². The molecule has 21 heavy (non-hydrogen) atoms. The fraction of sp³-hybridized carbons (Fsp3) is 0.312. The van der Waals surface area contributed by atoms with Crippen LogP contribution >= 0.6 is 27.5 Å². The Morgan fingerprint density at radius 2 is 2.00 bits per heavy atom. The standard InChI is InChI=1S/C16H18BrClN2O/c1-10(2)21-13-6-11(8-20-9-13)16(3,19)14-5-4-12(17)7-15(14)18/h4-10H,19H2,1-3H3. The van der Waals surface area contributed by atoms with Gasteiger partial charge in [-0.25, -0.2) is 0 Å². The highest BCUT2D eigenvalue weighted by Crippen LogP contribution is 2.34. The molecule has 3 nitrogen and oxygen atoms in total.